The maximum Gasteiger partial charge on any atom is 0.405 e. The first-order chi connectivity index (χ1) is 7.70. The predicted molar refractivity (Wildman–Crippen MR) is 58.3 cm³/mol. The van der Waals surface area contributed by atoms with E-state index in [-0.39, 0.29) is 6.04 Å². The van der Waals surface area contributed by atoms with Crippen molar-refractivity contribution in [3.63, 3.8) is 0 Å². The molecule has 5 heteroatoms. The molecular weight excluding hydrogens is 206 g/mol. The van der Waals surface area contributed by atoms with Gasteiger partial charge in [-0.1, -0.05) is 12.1 Å². The third kappa shape index (κ3) is 1.91. The molecule has 2 rings (SSSR count). The molecule has 0 spiro atoms. The summed E-state index contributed by atoms with van der Waals surface area (Å²) in [5.74, 6) is 0. The van der Waals surface area contributed by atoms with Gasteiger partial charge in [0.05, 0.1) is 17.3 Å². The van der Waals surface area contributed by atoms with Gasteiger partial charge in [0.15, 0.2) is 0 Å². The Morgan fingerprint density at radius 2 is 2.19 bits per heavy atom. The van der Waals surface area contributed by atoms with Crippen molar-refractivity contribution < 1.29 is 9.90 Å². The van der Waals surface area contributed by atoms with E-state index in [1.807, 2.05) is 23.1 Å². The molecule has 1 aliphatic heterocycles. The first kappa shape index (κ1) is 10.3. The number of benzene rings is 1. The largest absolute Gasteiger partial charge is 0.465 e. The molecule has 0 unspecified atom stereocenters. The van der Waals surface area contributed by atoms with Gasteiger partial charge in [0.25, 0.3) is 0 Å². The van der Waals surface area contributed by atoms with Crippen LogP contribution in [0.5, 0.6) is 0 Å². The lowest BCUT2D eigenvalue weighted by molar-refractivity contribution is 0.187. The zero-order valence-corrected chi connectivity index (χ0v) is 8.55. The summed E-state index contributed by atoms with van der Waals surface area (Å²) in [5, 5.41) is 19.8. The number of carbonyl (C=O) groups is 1. The van der Waals surface area contributed by atoms with E-state index in [1.54, 1.807) is 6.07 Å². The van der Waals surface area contributed by atoms with Gasteiger partial charge in [-0.25, -0.2) is 4.79 Å². The average Bonchev–Trinajstić information content (AvgIpc) is 2.22. The molecule has 0 radical (unpaired) electrons. The van der Waals surface area contributed by atoms with Crippen LogP contribution in [0.15, 0.2) is 24.3 Å². The summed E-state index contributed by atoms with van der Waals surface area (Å²) in [7, 11) is 0. The van der Waals surface area contributed by atoms with Crippen molar-refractivity contribution in [3.05, 3.63) is 29.8 Å². The lowest BCUT2D eigenvalue weighted by Crippen LogP contribution is -2.59. The zero-order chi connectivity index (χ0) is 11.5. The normalized spacial score (nSPS) is 15.1. The molecule has 1 amide bonds. The van der Waals surface area contributed by atoms with Crippen LogP contribution in [0.1, 0.15) is 5.56 Å². The Morgan fingerprint density at radius 1 is 1.50 bits per heavy atom. The summed E-state index contributed by atoms with van der Waals surface area (Å²) in [6.07, 6.45) is -1.00. The van der Waals surface area contributed by atoms with Crippen molar-refractivity contribution in [3.8, 4) is 6.07 Å². The average molecular weight is 217 g/mol. The molecule has 1 aromatic rings. The standard InChI is InChI=1S/C11H11N3O2/c12-5-8-3-1-2-4-10(8)14-6-9(7-14)13-11(15)16/h1-4,9,13H,6-7H2,(H,15,16). The van der Waals surface area contributed by atoms with Crippen molar-refractivity contribution in [2.24, 2.45) is 0 Å². The molecule has 0 aromatic heterocycles. The summed E-state index contributed by atoms with van der Waals surface area (Å²) in [5.41, 5.74) is 1.49. The Morgan fingerprint density at radius 3 is 2.81 bits per heavy atom. The maximum atomic E-state index is 10.4. The van der Waals surface area contributed by atoms with E-state index in [0.29, 0.717) is 18.7 Å². The number of amides is 1. The van der Waals surface area contributed by atoms with Gasteiger partial charge in [0.2, 0.25) is 0 Å². The van der Waals surface area contributed by atoms with Crippen molar-refractivity contribution in [1.29, 1.82) is 5.26 Å². The second kappa shape index (κ2) is 4.11. The minimum absolute atomic E-state index is 0.0377. The number of nitriles is 1. The summed E-state index contributed by atoms with van der Waals surface area (Å²) < 4.78 is 0. The molecule has 5 nitrogen and oxygen atoms in total. The third-order valence-corrected chi connectivity index (χ3v) is 2.57. The second-order valence-corrected chi connectivity index (χ2v) is 3.68. The Hall–Kier alpha value is -2.22. The fraction of sp³-hybridized carbons (Fsp3) is 0.273. The van der Waals surface area contributed by atoms with Crippen LogP contribution in [0.3, 0.4) is 0 Å². The van der Waals surface area contributed by atoms with Gasteiger partial charge in [0, 0.05) is 13.1 Å². The van der Waals surface area contributed by atoms with E-state index in [9.17, 15) is 4.79 Å². The zero-order valence-electron chi connectivity index (χ0n) is 8.55. The minimum Gasteiger partial charge on any atom is -0.465 e. The molecule has 0 bridgehead atoms. The summed E-state index contributed by atoms with van der Waals surface area (Å²) in [6.45, 7) is 1.23. The predicted octanol–water partition coefficient (Wildman–Crippen LogP) is 1.01. The van der Waals surface area contributed by atoms with Crippen LogP contribution in [0.2, 0.25) is 0 Å². The fourth-order valence-corrected chi connectivity index (χ4v) is 1.79. The van der Waals surface area contributed by atoms with Crippen LogP contribution in [0.4, 0.5) is 10.5 Å². The molecule has 2 N–H and O–H groups in total. The van der Waals surface area contributed by atoms with Crippen LogP contribution >= 0.6 is 0 Å². The molecule has 16 heavy (non-hydrogen) atoms. The smallest absolute Gasteiger partial charge is 0.405 e. The van der Waals surface area contributed by atoms with Crippen molar-refractivity contribution in [1.82, 2.24) is 5.32 Å². The number of anilines is 1. The van der Waals surface area contributed by atoms with Gasteiger partial charge >= 0.3 is 6.09 Å². The highest BCUT2D eigenvalue weighted by atomic mass is 16.4. The first-order valence-corrected chi connectivity index (χ1v) is 4.94. The summed E-state index contributed by atoms with van der Waals surface area (Å²) in [4.78, 5) is 12.4. The number of rotatable bonds is 2. The maximum absolute atomic E-state index is 10.4. The van der Waals surface area contributed by atoms with Crippen LogP contribution in [0.25, 0.3) is 0 Å². The van der Waals surface area contributed by atoms with Gasteiger partial charge in [0.1, 0.15) is 6.07 Å². The Labute approximate surface area is 92.9 Å². The number of nitrogens with zero attached hydrogens (tertiary/aromatic N) is 2. The Balaban J connectivity index is 2.02. The topological polar surface area (TPSA) is 76.4 Å². The monoisotopic (exact) mass is 217 g/mol. The molecule has 0 saturated carbocycles. The number of hydrogen-bond acceptors (Lipinski definition) is 3. The lowest BCUT2D eigenvalue weighted by atomic mass is 10.1. The molecule has 0 aliphatic carbocycles. The number of nitrogens with one attached hydrogen (secondary N) is 1. The highest BCUT2D eigenvalue weighted by Crippen LogP contribution is 2.24. The molecule has 0 atom stereocenters. The van der Waals surface area contributed by atoms with Crippen LogP contribution in [0, 0.1) is 11.3 Å². The fourth-order valence-electron chi connectivity index (χ4n) is 1.79. The number of hydrogen-bond donors (Lipinski definition) is 2. The first-order valence-electron chi connectivity index (χ1n) is 4.94. The van der Waals surface area contributed by atoms with Crippen LogP contribution in [-0.4, -0.2) is 30.3 Å². The quantitative estimate of drug-likeness (QED) is 0.775. The van der Waals surface area contributed by atoms with Crippen molar-refractivity contribution >= 4 is 11.8 Å². The number of carboxylic acid groups (broad SMARTS) is 1. The Bertz CT molecular complexity index is 447. The van der Waals surface area contributed by atoms with Crippen molar-refractivity contribution in [2.45, 2.75) is 6.04 Å². The Kier molecular flexibility index (Phi) is 2.64. The highest BCUT2D eigenvalue weighted by Gasteiger charge is 2.29. The summed E-state index contributed by atoms with van der Waals surface area (Å²) >= 11 is 0. The van der Waals surface area contributed by atoms with E-state index >= 15 is 0 Å². The summed E-state index contributed by atoms with van der Waals surface area (Å²) in [6, 6.07) is 9.40. The van der Waals surface area contributed by atoms with Crippen molar-refractivity contribution in [2.75, 3.05) is 18.0 Å². The SMILES string of the molecule is N#Cc1ccccc1N1CC(NC(=O)O)C1. The van der Waals surface area contributed by atoms with E-state index in [0.717, 1.165) is 5.69 Å². The van der Waals surface area contributed by atoms with E-state index < -0.39 is 6.09 Å². The van der Waals surface area contributed by atoms with Gasteiger partial charge in [-0.3, -0.25) is 0 Å². The molecule has 1 aliphatic rings. The van der Waals surface area contributed by atoms with Gasteiger partial charge < -0.3 is 15.3 Å². The molecule has 1 aromatic carbocycles. The van der Waals surface area contributed by atoms with E-state index in [1.165, 1.54) is 0 Å². The number of para-hydroxylation sites is 1. The van der Waals surface area contributed by atoms with Gasteiger partial charge in [-0.2, -0.15) is 5.26 Å². The third-order valence-electron chi connectivity index (χ3n) is 2.57. The highest BCUT2D eigenvalue weighted by molar-refractivity contribution is 5.67. The molecule has 1 fully saturated rings. The van der Waals surface area contributed by atoms with E-state index in [4.69, 9.17) is 10.4 Å². The van der Waals surface area contributed by atoms with Gasteiger partial charge in [-0.15, -0.1) is 0 Å². The molecule has 1 heterocycles. The van der Waals surface area contributed by atoms with E-state index in [2.05, 4.69) is 11.4 Å². The van der Waals surface area contributed by atoms with Crippen LogP contribution < -0.4 is 10.2 Å². The minimum atomic E-state index is -1.00. The van der Waals surface area contributed by atoms with Gasteiger partial charge in [-0.05, 0) is 12.1 Å². The molecule has 1 saturated heterocycles. The lowest BCUT2D eigenvalue weighted by Gasteiger charge is -2.41. The molecule has 82 valence electrons. The molecular formula is C11H11N3O2. The van der Waals surface area contributed by atoms with Crippen LogP contribution in [-0.2, 0) is 0 Å². The second-order valence-electron chi connectivity index (χ2n) is 3.68.